The van der Waals surface area contributed by atoms with Crippen LogP contribution in [0.15, 0.2) is 144 Å². The van der Waals surface area contributed by atoms with E-state index >= 15 is 0 Å². The molecule has 0 bridgehead atoms. The summed E-state index contributed by atoms with van der Waals surface area (Å²) in [7, 11) is 0. The van der Waals surface area contributed by atoms with Crippen LogP contribution in [-0.4, -0.2) is 27.6 Å². The number of benzene rings is 2. The first kappa shape index (κ1) is 30.4. The summed E-state index contributed by atoms with van der Waals surface area (Å²) in [6, 6.07) is 22.0. The molecular weight excluding hydrogens is 605 g/mol. The number of fused-ring (bicyclic) bond motifs is 6. The Morgan fingerprint density at radius 2 is 1.50 bits per heavy atom. The first-order chi connectivity index (χ1) is 24.8. The molecule has 6 aliphatic carbocycles. The Morgan fingerprint density at radius 3 is 2.32 bits per heavy atom. The van der Waals surface area contributed by atoms with E-state index in [0.717, 1.165) is 25.7 Å². The van der Waals surface area contributed by atoms with Crippen LogP contribution in [0.1, 0.15) is 81.0 Å². The number of nitrogens with zero attached hydrogens (tertiary/aromatic N) is 2. The van der Waals surface area contributed by atoms with Crippen molar-refractivity contribution in [1.82, 2.24) is 9.47 Å². The Labute approximate surface area is 298 Å². The third kappa shape index (κ3) is 5.18. The van der Waals surface area contributed by atoms with Crippen molar-refractivity contribution in [2.24, 2.45) is 11.8 Å². The molecule has 2 aromatic carbocycles. The Balaban J connectivity index is 1.01. The van der Waals surface area contributed by atoms with Gasteiger partial charge in [-0.2, -0.15) is 0 Å². The van der Waals surface area contributed by atoms with Gasteiger partial charge < -0.3 is 4.57 Å². The van der Waals surface area contributed by atoms with Crippen LogP contribution in [0, 0.1) is 11.8 Å². The predicted molar refractivity (Wildman–Crippen MR) is 210 cm³/mol. The minimum Gasteiger partial charge on any atom is -0.317 e. The van der Waals surface area contributed by atoms with Crippen LogP contribution in [0.4, 0.5) is 0 Å². The average Bonchev–Trinajstić information content (AvgIpc) is 3.71. The minimum absolute atomic E-state index is 0.477. The molecule has 2 heteroatoms. The number of likely N-dealkylation sites (tertiary alicyclic amines) is 1. The van der Waals surface area contributed by atoms with Crippen LogP contribution in [0.3, 0.4) is 0 Å². The summed E-state index contributed by atoms with van der Waals surface area (Å²) in [6.45, 7) is 0. The van der Waals surface area contributed by atoms with Gasteiger partial charge in [-0.25, -0.2) is 0 Å². The summed E-state index contributed by atoms with van der Waals surface area (Å²) in [5.74, 6) is 1.06. The van der Waals surface area contributed by atoms with E-state index in [-0.39, 0.29) is 0 Å². The Hall–Kier alpha value is -4.40. The van der Waals surface area contributed by atoms with E-state index in [9.17, 15) is 0 Å². The second-order valence-electron chi connectivity index (χ2n) is 15.6. The van der Waals surface area contributed by atoms with E-state index < -0.39 is 0 Å². The van der Waals surface area contributed by atoms with Crippen molar-refractivity contribution in [2.45, 2.75) is 88.8 Å². The third-order valence-corrected chi connectivity index (χ3v) is 12.9. The standard InChI is InChI=1S/C48H48N2/c1-4-12-33(13-5-1)35-20-25-40(26-21-35)50-47-27-22-36(34-14-6-2-7-15-34)30-43(47)44-32-38(24-29-48(44)50)37-23-28-46-42(31-37)41-18-10-11-19-45(41)49(46)39-16-8-3-9-17-39/h1-4,6-8,10-12,14-16,18-20,24,29-32,40,43-44,47-48H,5,9,13,17,21-23,25-28H2. The lowest BCUT2D eigenvalue weighted by Gasteiger charge is -2.40. The van der Waals surface area contributed by atoms with E-state index in [1.807, 2.05) is 0 Å². The van der Waals surface area contributed by atoms with E-state index in [1.165, 1.54) is 89.5 Å². The molecule has 7 aliphatic rings. The first-order valence-corrected chi connectivity index (χ1v) is 19.5. The number of aromatic nitrogens is 1. The fourth-order valence-electron chi connectivity index (χ4n) is 10.6. The van der Waals surface area contributed by atoms with E-state index in [4.69, 9.17) is 0 Å². The maximum atomic E-state index is 3.01. The zero-order valence-electron chi connectivity index (χ0n) is 29.2. The molecule has 50 heavy (non-hydrogen) atoms. The maximum absolute atomic E-state index is 3.01. The quantitative estimate of drug-likeness (QED) is 0.266. The minimum atomic E-state index is 0.477. The predicted octanol–water partition coefficient (Wildman–Crippen LogP) is 11.6. The molecule has 1 saturated heterocycles. The van der Waals surface area contributed by atoms with Crippen molar-refractivity contribution < 1.29 is 0 Å². The molecule has 1 aliphatic heterocycles. The summed E-state index contributed by atoms with van der Waals surface area (Å²) in [4.78, 5) is 3.01. The number of hydrogen-bond acceptors (Lipinski definition) is 1. The highest BCUT2D eigenvalue weighted by atomic mass is 15.3. The molecule has 5 unspecified atom stereocenters. The number of allylic oxidation sites excluding steroid dienone is 13. The molecule has 0 radical (unpaired) electrons. The monoisotopic (exact) mass is 652 g/mol. The van der Waals surface area contributed by atoms with Crippen LogP contribution in [0.25, 0.3) is 28.2 Å². The van der Waals surface area contributed by atoms with Gasteiger partial charge in [0.15, 0.2) is 0 Å². The molecule has 0 saturated carbocycles. The van der Waals surface area contributed by atoms with Gasteiger partial charge in [-0.1, -0.05) is 109 Å². The van der Waals surface area contributed by atoms with Crippen molar-refractivity contribution in [1.29, 1.82) is 0 Å². The zero-order chi connectivity index (χ0) is 33.0. The van der Waals surface area contributed by atoms with Crippen molar-refractivity contribution in [3.05, 3.63) is 161 Å². The fourth-order valence-corrected chi connectivity index (χ4v) is 10.6. The van der Waals surface area contributed by atoms with Crippen LogP contribution in [0.5, 0.6) is 0 Å². The van der Waals surface area contributed by atoms with E-state index in [2.05, 4.69) is 137 Å². The van der Waals surface area contributed by atoms with Gasteiger partial charge >= 0.3 is 0 Å². The number of para-hydroxylation sites is 1. The molecule has 0 N–H and O–H groups in total. The maximum Gasteiger partial charge on any atom is 0.0534 e. The van der Waals surface area contributed by atoms with E-state index in [0.29, 0.717) is 30.0 Å². The van der Waals surface area contributed by atoms with Gasteiger partial charge in [-0.15, -0.1) is 0 Å². The molecule has 2 heterocycles. The lowest BCUT2D eigenvalue weighted by Crippen LogP contribution is -2.46. The summed E-state index contributed by atoms with van der Waals surface area (Å²) in [6.07, 6.45) is 42.5. The SMILES string of the molecule is C1=CCCC(C2=CCC(N3C4C=CC(C5=Cc6c(n(C7=CC=CCC7)c7ccccc67)CC5)=CC4C4C=C(c5ccccc5)CCC43)CC2)=C1. The molecule has 3 aromatic rings. The largest absolute Gasteiger partial charge is 0.317 e. The zero-order valence-corrected chi connectivity index (χ0v) is 29.2. The molecule has 10 rings (SSSR count). The fraction of sp³-hybridized carbons (Fsp3) is 0.333. The van der Waals surface area contributed by atoms with Crippen LogP contribution >= 0.6 is 0 Å². The molecule has 5 atom stereocenters. The molecule has 1 fully saturated rings. The van der Waals surface area contributed by atoms with Gasteiger partial charge in [0.25, 0.3) is 0 Å². The molecule has 0 spiro atoms. The van der Waals surface area contributed by atoms with Gasteiger partial charge in [0.05, 0.1) is 5.52 Å². The van der Waals surface area contributed by atoms with E-state index in [1.54, 1.807) is 16.7 Å². The Morgan fingerprint density at radius 1 is 0.660 bits per heavy atom. The van der Waals surface area contributed by atoms with Gasteiger partial charge in [0.2, 0.25) is 0 Å². The third-order valence-electron chi connectivity index (χ3n) is 12.9. The second-order valence-corrected chi connectivity index (χ2v) is 15.6. The smallest absolute Gasteiger partial charge is 0.0534 e. The summed E-state index contributed by atoms with van der Waals surface area (Å²) < 4.78 is 2.59. The van der Waals surface area contributed by atoms with Crippen molar-refractivity contribution in [3.8, 4) is 0 Å². The number of rotatable bonds is 5. The summed E-state index contributed by atoms with van der Waals surface area (Å²) in [5, 5.41) is 1.40. The molecule has 1 aromatic heterocycles. The van der Waals surface area contributed by atoms with Crippen molar-refractivity contribution in [2.75, 3.05) is 0 Å². The van der Waals surface area contributed by atoms with Gasteiger partial charge in [-0.05, 0) is 122 Å². The van der Waals surface area contributed by atoms with Crippen LogP contribution in [-0.2, 0) is 6.42 Å². The Kier molecular flexibility index (Phi) is 7.75. The molecular formula is C48H48N2. The average molecular weight is 653 g/mol. The van der Waals surface area contributed by atoms with Gasteiger partial charge in [-0.3, -0.25) is 4.90 Å². The van der Waals surface area contributed by atoms with Gasteiger partial charge in [0, 0.05) is 52.3 Å². The Bertz CT molecular complexity index is 2120. The normalized spacial score (nSPS) is 28.9. The molecule has 250 valence electrons. The van der Waals surface area contributed by atoms with Crippen LogP contribution < -0.4 is 0 Å². The topological polar surface area (TPSA) is 8.17 Å². The highest BCUT2D eigenvalue weighted by Gasteiger charge is 2.50. The lowest BCUT2D eigenvalue weighted by atomic mass is 9.75. The highest BCUT2D eigenvalue weighted by Crippen LogP contribution is 2.51. The second kappa shape index (κ2) is 12.7. The molecule has 2 nitrogen and oxygen atoms in total. The summed E-state index contributed by atoms with van der Waals surface area (Å²) >= 11 is 0. The highest BCUT2D eigenvalue weighted by molar-refractivity contribution is 5.95. The first-order valence-electron chi connectivity index (χ1n) is 19.5. The lowest BCUT2D eigenvalue weighted by molar-refractivity contribution is 0.122. The van der Waals surface area contributed by atoms with Crippen molar-refractivity contribution in [3.63, 3.8) is 0 Å². The van der Waals surface area contributed by atoms with Gasteiger partial charge in [0.1, 0.15) is 0 Å². The summed E-state index contributed by atoms with van der Waals surface area (Å²) in [5.41, 5.74) is 14.9. The van der Waals surface area contributed by atoms with Crippen molar-refractivity contribution >= 4 is 28.2 Å². The van der Waals surface area contributed by atoms with Crippen LogP contribution in [0.2, 0.25) is 0 Å². The number of hydrogen-bond donors (Lipinski definition) is 0. The molecule has 0 amide bonds.